The van der Waals surface area contributed by atoms with Crippen molar-refractivity contribution in [3.8, 4) is 22.6 Å². The number of rotatable bonds is 4. The van der Waals surface area contributed by atoms with Gasteiger partial charge in [-0.05, 0) is 18.2 Å². The number of carbonyl (C=O) groups excluding carboxylic acids is 1. The van der Waals surface area contributed by atoms with E-state index < -0.39 is 5.82 Å². The Morgan fingerprint density at radius 2 is 1.80 bits per heavy atom. The molecular weight excluding hydrogens is 283 g/mol. The maximum absolute atomic E-state index is 14.1. The van der Waals surface area contributed by atoms with Gasteiger partial charge in [-0.2, -0.15) is 0 Å². The number of hydrogen-bond donors (Lipinski definition) is 0. The quantitative estimate of drug-likeness (QED) is 0.800. The molecule has 0 saturated heterocycles. The van der Waals surface area contributed by atoms with E-state index in [2.05, 4.69) is 0 Å². The molecule has 104 valence electrons. The molecule has 0 aromatic heterocycles. The first-order valence-electron chi connectivity index (χ1n) is 5.78. The van der Waals surface area contributed by atoms with Crippen LogP contribution in [-0.2, 0) is 0 Å². The minimum absolute atomic E-state index is 0.268. The van der Waals surface area contributed by atoms with Crippen LogP contribution in [0.4, 0.5) is 4.39 Å². The predicted octanol–water partition coefficient (Wildman–Crippen LogP) is 3.98. The lowest BCUT2D eigenvalue weighted by Gasteiger charge is -2.14. The summed E-state index contributed by atoms with van der Waals surface area (Å²) < 4.78 is 24.4. The Morgan fingerprint density at radius 1 is 1.10 bits per heavy atom. The monoisotopic (exact) mass is 294 g/mol. The zero-order chi connectivity index (χ0) is 14.7. The number of halogens is 2. The zero-order valence-electron chi connectivity index (χ0n) is 10.9. The Balaban J connectivity index is 2.63. The molecule has 2 aromatic carbocycles. The molecule has 0 unspecified atom stereocenters. The number of hydrogen-bond acceptors (Lipinski definition) is 3. The van der Waals surface area contributed by atoms with E-state index in [9.17, 15) is 9.18 Å². The fraction of sp³-hybridized carbons (Fsp3) is 0.133. The molecule has 0 N–H and O–H groups in total. The highest BCUT2D eigenvalue weighted by Crippen LogP contribution is 2.42. The molecule has 5 heteroatoms. The lowest BCUT2D eigenvalue weighted by Crippen LogP contribution is -1.95. The standard InChI is InChI=1S/C15H12ClFO3/c1-19-13-6-5-11(15(20-2)14(13)16)10-4-3-9(8-18)7-12(10)17/h3-8H,1-2H3. The Kier molecular flexibility index (Phi) is 4.25. The molecule has 0 heterocycles. The minimum atomic E-state index is -0.519. The number of benzene rings is 2. The highest BCUT2D eigenvalue weighted by Gasteiger charge is 2.17. The van der Waals surface area contributed by atoms with Gasteiger partial charge in [0.05, 0.1) is 14.2 Å². The third-order valence-electron chi connectivity index (χ3n) is 2.91. The summed E-state index contributed by atoms with van der Waals surface area (Å²) >= 11 is 6.15. The summed E-state index contributed by atoms with van der Waals surface area (Å²) in [5, 5.41) is 0.270. The van der Waals surface area contributed by atoms with Crippen molar-refractivity contribution in [2.24, 2.45) is 0 Å². The predicted molar refractivity (Wildman–Crippen MR) is 75.3 cm³/mol. The van der Waals surface area contributed by atoms with E-state index in [1.54, 1.807) is 12.1 Å². The fourth-order valence-electron chi connectivity index (χ4n) is 1.93. The second-order valence-electron chi connectivity index (χ2n) is 4.02. The van der Waals surface area contributed by atoms with E-state index in [1.165, 1.54) is 32.4 Å². The Bertz CT molecular complexity index is 656. The van der Waals surface area contributed by atoms with Gasteiger partial charge >= 0.3 is 0 Å². The normalized spacial score (nSPS) is 10.2. The van der Waals surface area contributed by atoms with Gasteiger partial charge in [-0.15, -0.1) is 0 Å². The van der Waals surface area contributed by atoms with Crippen molar-refractivity contribution in [3.63, 3.8) is 0 Å². The topological polar surface area (TPSA) is 35.5 Å². The Morgan fingerprint density at radius 3 is 2.35 bits per heavy atom. The minimum Gasteiger partial charge on any atom is -0.495 e. The van der Waals surface area contributed by atoms with Gasteiger partial charge in [-0.25, -0.2) is 4.39 Å². The van der Waals surface area contributed by atoms with Crippen molar-refractivity contribution >= 4 is 17.9 Å². The van der Waals surface area contributed by atoms with Crippen LogP contribution in [-0.4, -0.2) is 20.5 Å². The van der Waals surface area contributed by atoms with Crippen LogP contribution in [0.25, 0.3) is 11.1 Å². The summed E-state index contributed by atoms with van der Waals surface area (Å²) in [5.41, 5.74) is 1.06. The van der Waals surface area contributed by atoms with Crippen molar-refractivity contribution < 1.29 is 18.7 Å². The van der Waals surface area contributed by atoms with Crippen molar-refractivity contribution in [1.82, 2.24) is 0 Å². The molecule has 2 rings (SSSR count). The second kappa shape index (κ2) is 5.92. The molecule has 0 radical (unpaired) electrons. The van der Waals surface area contributed by atoms with Gasteiger partial charge in [-0.3, -0.25) is 4.79 Å². The number of methoxy groups -OCH3 is 2. The number of aldehydes is 1. The Hall–Kier alpha value is -2.07. The first kappa shape index (κ1) is 14.3. The molecule has 0 aliphatic heterocycles. The van der Waals surface area contributed by atoms with Gasteiger partial charge in [0.15, 0.2) is 0 Å². The summed E-state index contributed by atoms with van der Waals surface area (Å²) in [5.74, 6) is 0.245. The molecule has 0 amide bonds. The molecule has 0 bridgehead atoms. The van der Waals surface area contributed by atoms with Gasteiger partial charge in [-0.1, -0.05) is 23.7 Å². The van der Waals surface area contributed by atoms with Crippen LogP contribution < -0.4 is 9.47 Å². The van der Waals surface area contributed by atoms with E-state index in [1.807, 2.05) is 0 Å². The molecule has 0 aliphatic carbocycles. The van der Waals surface area contributed by atoms with Crippen molar-refractivity contribution in [2.45, 2.75) is 0 Å². The summed E-state index contributed by atoms with van der Waals surface area (Å²) in [6.45, 7) is 0. The SMILES string of the molecule is COc1ccc(-c2ccc(C=O)cc2F)c(OC)c1Cl. The smallest absolute Gasteiger partial charge is 0.150 e. The van der Waals surface area contributed by atoms with E-state index in [4.69, 9.17) is 21.1 Å². The lowest BCUT2D eigenvalue weighted by atomic mass is 10.0. The van der Waals surface area contributed by atoms with Gasteiger partial charge in [0.25, 0.3) is 0 Å². The van der Waals surface area contributed by atoms with Crippen molar-refractivity contribution in [2.75, 3.05) is 14.2 Å². The maximum Gasteiger partial charge on any atom is 0.150 e. The number of ether oxygens (including phenoxy) is 2. The largest absolute Gasteiger partial charge is 0.495 e. The summed E-state index contributed by atoms with van der Waals surface area (Å²) in [4.78, 5) is 10.6. The number of carbonyl (C=O) groups is 1. The van der Waals surface area contributed by atoms with E-state index in [0.717, 1.165) is 0 Å². The van der Waals surface area contributed by atoms with Gasteiger partial charge < -0.3 is 9.47 Å². The first-order valence-corrected chi connectivity index (χ1v) is 6.15. The molecule has 0 atom stereocenters. The summed E-state index contributed by atoms with van der Waals surface area (Å²) in [7, 11) is 2.93. The highest BCUT2D eigenvalue weighted by molar-refractivity contribution is 6.34. The second-order valence-corrected chi connectivity index (χ2v) is 4.40. The Labute approximate surface area is 120 Å². The third kappa shape index (κ3) is 2.47. The molecule has 20 heavy (non-hydrogen) atoms. The molecule has 0 spiro atoms. The summed E-state index contributed by atoms with van der Waals surface area (Å²) in [6.07, 6.45) is 0.588. The van der Waals surface area contributed by atoms with Crippen molar-refractivity contribution in [3.05, 3.63) is 46.7 Å². The van der Waals surface area contributed by atoms with Gasteiger partial charge in [0.1, 0.15) is 28.6 Å². The highest BCUT2D eigenvalue weighted by atomic mass is 35.5. The molecular formula is C15H12ClFO3. The fourth-order valence-corrected chi connectivity index (χ4v) is 2.25. The first-order chi connectivity index (χ1) is 9.62. The average molecular weight is 295 g/mol. The maximum atomic E-state index is 14.1. The van der Waals surface area contributed by atoms with Crippen LogP contribution in [0.1, 0.15) is 10.4 Å². The van der Waals surface area contributed by atoms with Crippen LogP contribution >= 0.6 is 11.6 Å². The third-order valence-corrected chi connectivity index (χ3v) is 3.26. The van der Waals surface area contributed by atoms with E-state index in [-0.39, 0.29) is 10.6 Å². The summed E-state index contributed by atoms with van der Waals surface area (Å²) in [6, 6.07) is 7.50. The van der Waals surface area contributed by atoms with Gasteiger partial charge in [0, 0.05) is 16.7 Å². The average Bonchev–Trinajstić information content (AvgIpc) is 2.46. The van der Waals surface area contributed by atoms with E-state index >= 15 is 0 Å². The van der Waals surface area contributed by atoms with Gasteiger partial charge in [0.2, 0.25) is 0 Å². The van der Waals surface area contributed by atoms with Crippen LogP contribution in [0, 0.1) is 5.82 Å². The van der Waals surface area contributed by atoms with Crippen LogP contribution in [0.5, 0.6) is 11.5 Å². The molecule has 0 fully saturated rings. The van der Waals surface area contributed by atoms with Crippen LogP contribution in [0.2, 0.25) is 5.02 Å². The molecule has 3 nitrogen and oxygen atoms in total. The zero-order valence-corrected chi connectivity index (χ0v) is 11.7. The molecule has 2 aromatic rings. The van der Waals surface area contributed by atoms with Crippen LogP contribution in [0.15, 0.2) is 30.3 Å². The van der Waals surface area contributed by atoms with E-state index in [0.29, 0.717) is 28.9 Å². The van der Waals surface area contributed by atoms with Crippen LogP contribution in [0.3, 0.4) is 0 Å². The molecule has 0 aliphatic rings. The van der Waals surface area contributed by atoms with Crippen molar-refractivity contribution in [1.29, 1.82) is 0 Å². The lowest BCUT2D eigenvalue weighted by molar-refractivity contribution is 0.112. The molecule has 0 saturated carbocycles.